The van der Waals surface area contributed by atoms with Crippen LogP contribution in [0.1, 0.15) is 5.56 Å². The minimum Gasteiger partial charge on any atom is -0.398 e. The number of hydrogen-bond acceptors (Lipinski definition) is 4. The number of sulfonamides is 1. The summed E-state index contributed by atoms with van der Waals surface area (Å²) in [6.45, 7) is 2.49. The van der Waals surface area contributed by atoms with Crippen LogP contribution in [0.3, 0.4) is 0 Å². The van der Waals surface area contributed by atoms with Gasteiger partial charge in [-0.3, -0.25) is 0 Å². The van der Waals surface area contributed by atoms with Crippen LogP contribution in [-0.4, -0.2) is 24.5 Å². The third-order valence-corrected chi connectivity index (χ3v) is 4.76. The first kappa shape index (κ1) is 14.8. The molecule has 2 aromatic rings. The van der Waals surface area contributed by atoms with Gasteiger partial charge in [-0.2, -0.15) is 0 Å². The second kappa shape index (κ2) is 5.82. The molecule has 0 atom stereocenters. The first-order chi connectivity index (χ1) is 9.40. The Labute approximate surface area is 122 Å². The summed E-state index contributed by atoms with van der Waals surface area (Å²) in [4.78, 5) is 3.87. The van der Waals surface area contributed by atoms with Crippen molar-refractivity contribution < 1.29 is 8.42 Å². The van der Waals surface area contributed by atoms with E-state index in [0.29, 0.717) is 12.2 Å². The van der Waals surface area contributed by atoms with E-state index >= 15 is 0 Å². The number of hydrogen-bond donors (Lipinski definition) is 2. The average molecular weight is 315 g/mol. The number of nitrogen functional groups attached to an aromatic ring is 1. The van der Waals surface area contributed by atoms with Crippen LogP contribution in [-0.2, 0) is 16.6 Å². The van der Waals surface area contributed by atoms with Gasteiger partial charge in [0.05, 0.1) is 11.3 Å². The predicted octanol–water partition coefficient (Wildman–Crippen LogP) is 1.41. The van der Waals surface area contributed by atoms with Crippen molar-refractivity contribution in [2.45, 2.75) is 18.4 Å². The highest BCUT2D eigenvalue weighted by Gasteiger charge is 2.18. The van der Waals surface area contributed by atoms with E-state index in [1.165, 1.54) is 6.07 Å². The van der Waals surface area contributed by atoms with Gasteiger partial charge in [0.1, 0.15) is 4.90 Å². The molecular weight excluding hydrogens is 300 g/mol. The fourth-order valence-electron chi connectivity index (χ4n) is 1.68. The van der Waals surface area contributed by atoms with Crippen molar-refractivity contribution >= 4 is 27.3 Å². The van der Waals surface area contributed by atoms with Gasteiger partial charge in [0.2, 0.25) is 10.0 Å². The molecule has 1 aromatic heterocycles. The van der Waals surface area contributed by atoms with Crippen molar-refractivity contribution in [3.8, 4) is 0 Å². The van der Waals surface area contributed by atoms with Gasteiger partial charge in [-0.05, 0) is 24.6 Å². The highest BCUT2D eigenvalue weighted by molar-refractivity contribution is 7.89. The van der Waals surface area contributed by atoms with Gasteiger partial charge in [0, 0.05) is 31.2 Å². The molecule has 0 unspecified atom stereocenters. The van der Waals surface area contributed by atoms with Crippen LogP contribution < -0.4 is 10.5 Å². The summed E-state index contributed by atoms with van der Waals surface area (Å²) in [5.41, 5.74) is 6.86. The topological polar surface area (TPSA) is 90.0 Å². The van der Waals surface area contributed by atoms with E-state index in [-0.39, 0.29) is 16.5 Å². The second-order valence-corrected chi connectivity index (χ2v) is 6.48. The molecule has 0 saturated heterocycles. The number of aryl methyl sites for hydroxylation is 1. The van der Waals surface area contributed by atoms with Crippen molar-refractivity contribution in [1.29, 1.82) is 0 Å². The van der Waals surface area contributed by atoms with Crippen molar-refractivity contribution in [2.75, 3.05) is 12.3 Å². The van der Waals surface area contributed by atoms with Gasteiger partial charge in [0.25, 0.3) is 0 Å². The van der Waals surface area contributed by atoms with E-state index in [0.717, 1.165) is 5.56 Å². The Hall–Kier alpha value is -1.57. The average Bonchev–Trinajstić information content (AvgIpc) is 2.86. The smallest absolute Gasteiger partial charge is 0.242 e. The zero-order chi connectivity index (χ0) is 14.8. The Morgan fingerprint density at radius 1 is 1.45 bits per heavy atom. The molecule has 0 aliphatic carbocycles. The molecule has 2 rings (SSSR count). The molecule has 0 aliphatic rings. The van der Waals surface area contributed by atoms with Crippen LogP contribution in [0.15, 0.2) is 35.7 Å². The van der Waals surface area contributed by atoms with E-state index < -0.39 is 10.0 Å². The minimum atomic E-state index is -3.68. The van der Waals surface area contributed by atoms with Gasteiger partial charge in [-0.1, -0.05) is 11.6 Å². The molecule has 6 nitrogen and oxygen atoms in total. The molecule has 108 valence electrons. The molecule has 0 fully saturated rings. The Bertz CT molecular complexity index is 698. The number of rotatable bonds is 5. The molecule has 0 aliphatic heterocycles. The third kappa shape index (κ3) is 3.30. The van der Waals surface area contributed by atoms with Gasteiger partial charge >= 0.3 is 0 Å². The van der Waals surface area contributed by atoms with Crippen LogP contribution in [0.25, 0.3) is 0 Å². The largest absolute Gasteiger partial charge is 0.398 e. The lowest BCUT2D eigenvalue weighted by Crippen LogP contribution is -2.27. The Morgan fingerprint density at radius 3 is 2.85 bits per heavy atom. The number of nitrogens with one attached hydrogen (secondary N) is 1. The molecule has 3 N–H and O–H groups in total. The Morgan fingerprint density at radius 2 is 2.20 bits per heavy atom. The fourth-order valence-corrected chi connectivity index (χ4v) is 3.32. The van der Waals surface area contributed by atoms with Crippen molar-refractivity contribution in [2.24, 2.45) is 0 Å². The van der Waals surface area contributed by atoms with Crippen molar-refractivity contribution in [3.05, 3.63) is 41.4 Å². The molecule has 20 heavy (non-hydrogen) atoms. The summed E-state index contributed by atoms with van der Waals surface area (Å²) >= 11 is 5.97. The van der Waals surface area contributed by atoms with Gasteiger partial charge in [-0.25, -0.2) is 18.1 Å². The van der Waals surface area contributed by atoms with E-state index in [2.05, 4.69) is 9.71 Å². The zero-order valence-corrected chi connectivity index (χ0v) is 12.4. The number of aromatic nitrogens is 2. The molecule has 1 heterocycles. The maximum atomic E-state index is 12.2. The summed E-state index contributed by atoms with van der Waals surface area (Å²) in [6, 6.07) is 2.92. The van der Waals surface area contributed by atoms with E-state index in [4.69, 9.17) is 17.3 Å². The number of anilines is 1. The normalized spacial score (nSPS) is 11.7. The first-order valence-corrected chi connectivity index (χ1v) is 7.77. The number of benzene rings is 1. The summed E-state index contributed by atoms with van der Waals surface area (Å²) in [5, 5.41) is 0.159. The van der Waals surface area contributed by atoms with Crippen LogP contribution >= 0.6 is 11.6 Å². The van der Waals surface area contributed by atoms with Gasteiger partial charge in [0.15, 0.2) is 0 Å². The quantitative estimate of drug-likeness (QED) is 0.816. The lowest BCUT2D eigenvalue weighted by Gasteiger charge is -2.10. The van der Waals surface area contributed by atoms with E-state index in [9.17, 15) is 8.42 Å². The molecule has 0 spiro atoms. The minimum absolute atomic E-state index is 0.00658. The molecule has 8 heteroatoms. The van der Waals surface area contributed by atoms with Gasteiger partial charge in [-0.15, -0.1) is 0 Å². The lowest BCUT2D eigenvalue weighted by molar-refractivity contribution is 0.573. The van der Waals surface area contributed by atoms with E-state index in [1.54, 1.807) is 36.3 Å². The highest BCUT2D eigenvalue weighted by Crippen LogP contribution is 2.26. The van der Waals surface area contributed by atoms with Crippen molar-refractivity contribution in [3.63, 3.8) is 0 Å². The number of nitrogens with two attached hydrogens (primary N) is 1. The molecule has 0 saturated carbocycles. The predicted molar refractivity (Wildman–Crippen MR) is 78.0 cm³/mol. The second-order valence-electron chi connectivity index (χ2n) is 4.34. The number of imidazole rings is 1. The van der Waals surface area contributed by atoms with E-state index in [1.807, 2.05) is 0 Å². The van der Waals surface area contributed by atoms with Crippen LogP contribution in [0.5, 0.6) is 0 Å². The summed E-state index contributed by atoms with van der Waals surface area (Å²) in [5.74, 6) is 0. The maximum absolute atomic E-state index is 12.2. The number of halogens is 1. The molecule has 0 radical (unpaired) electrons. The zero-order valence-electron chi connectivity index (χ0n) is 10.9. The third-order valence-electron chi connectivity index (χ3n) is 2.83. The highest BCUT2D eigenvalue weighted by atomic mass is 35.5. The molecule has 1 aromatic carbocycles. The fraction of sp³-hybridized carbons (Fsp3) is 0.250. The van der Waals surface area contributed by atoms with Crippen LogP contribution in [0, 0.1) is 6.92 Å². The summed E-state index contributed by atoms with van der Waals surface area (Å²) < 4.78 is 28.6. The van der Waals surface area contributed by atoms with Crippen molar-refractivity contribution in [1.82, 2.24) is 14.3 Å². The van der Waals surface area contributed by atoms with Crippen LogP contribution in [0.4, 0.5) is 5.69 Å². The van der Waals surface area contributed by atoms with Crippen LogP contribution in [0.2, 0.25) is 5.02 Å². The molecular formula is C12H15ClN4O2S. The SMILES string of the molecule is Cc1cc(Cl)c(S(=O)(=O)NCCn2ccnc2)cc1N. The molecule has 0 amide bonds. The first-order valence-electron chi connectivity index (χ1n) is 5.91. The van der Waals surface area contributed by atoms with Gasteiger partial charge < -0.3 is 10.3 Å². The maximum Gasteiger partial charge on any atom is 0.242 e. The molecule has 0 bridgehead atoms. The monoisotopic (exact) mass is 314 g/mol. The number of nitrogens with zero attached hydrogens (tertiary/aromatic N) is 2. The Balaban J connectivity index is 2.12. The summed E-state index contributed by atoms with van der Waals surface area (Å²) in [6.07, 6.45) is 5.00. The standard InChI is InChI=1S/C12H15ClN4O2S/c1-9-6-10(13)12(7-11(9)14)20(18,19)16-3-5-17-4-2-15-8-17/h2,4,6-8,16H,3,5,14H2,1H3. The summed E-state index contributed by atoms with van der Waals surface area (Å²) in [7, 11) is -3.68. The Kier molecular flexibility index (Phi) is 4.32. The lowest BCUT2D eigenvalue weighted by atomic mass is 10.2.